The van der Waals surface area contributed by atoms with Crippen LogP contribution in [0.1, 0.15) is 10.4 Å². The second kappa shape index (κ2) is 6.45. The number of thiophene rings is 1. The van der Waals surface area contributed by atoms with Gasteiger partial charge in [0, 0.05) is 4.47 Å². The van der Waals surface area contributed by atoms with Crippen LogP contribution in [0.25, 0.3) is 0 Å². The molecule has 100 valence electrons. The largest absolute Gasteiger partial charge is 0.321 e. The molecule has 0 saturated heterocycles. The molecule has 0 atom stereocenters. The summed E-state index contributed by atoms with van der Waals surface area (Å²) in [7, 11) is 0. The molecule has 0 aliphatic carbocycles. The monoisotopic (exact) mass is 505 g/mol. The van der Waals surface area contributed by atoms with Gasteiger partial charge in [0.2, 0.25) is 0 Å². The summed E-state index contributed by atoms with van der Waals surface area (Å²) in [5.41, 5.74) is 1.00. The Morgan fingerprint density at radius 2 is 1.84 bits per heavy atom. The second-order valence-electron chi connectivity index (χ2n) is 3.41. The van der Waals surface area contributed by atoms with E-state index < -0.39 is 0 Å². The van der Waals surface area contributed by atoms with Gasteiger partial charge in [-0.3, -0.25) is 4.79 Å². The van der Waals surface area contributed by atoms with E-state index in [1.54, 1.807) is 18.2 Å². The molecule has 0 fully saturated rings. The number of halogens is 5. The first kappa shape index (κ1) is 15.8. The number of carbonyl (C=O) groups excluding carboxylic acids is 1. The van der Waals surface area contributed by atoms with Gasteiger partial charge in [0.15, 0.2) is 0 Å². The van der Waals surface area contributed by atoms with Crippen LogP contribution in [0.2, 0.25) is 10.0 Å². The van der Waals surface area contributed by atoms with Gasteiger partial charge >= 0.3 is 0 Å². The number of nitrogens with one attached hydrogen (secondary N) is 1. The van der Waals surface area contributed by atoms with Crippen LogP contribution in [0.4, 0.5) is 5.69 Å². The summed E-state index contributed by atoms with van der Waals surface area (Å²) in [4.78, 5) is 12.1. The van der Waals surface area contributed by atoms with E-state index in [1.807, 2.05) is 0 Å². The summed E-state index contributed by atoms with van der Waals surface area (Å²) in [6.07, 6.45) is 0. The van der Waals surface area contributed by atoms with Crippen LogP contribution in [0, 0.1) is 0 Å². The third kappa shape index (κ3) is 3.54. The van der Waals surface area contributed by atoms with E-state index in [2.05, 4.69) is 53.1 Å². The molecule has 8 heteroatoms. The molecule has 0 saturated carbocycles. The van der Waals surface area contributed by atoms with E-state index in [9.17, 15) is 4.79 Å². The first-order valence-electron chi connectivity index (χ1n) is 4.80. The summed E-state index contributed by atoms with van der Waals surface area (Å²) < 4.78 is 2.29. The van der Waals surface area contributed by atoms with Gasteiger partial charge in [0.05, 0.1) is 28.9 Å². The van der Waals surface area contributed by atoms with Crippen molar-refractivity contribution >= 4 is 93.9 Å². The fraction of sp³-hybridized carbons (Fsp3) is 0. The van der Waals surface area contributed by atoms with Crippen LogP contribution in [-0.4, -0.2) is 5.91 Å². The number of amides is 1. The quantitative estimate of drug-likeness (QED) is 0.455. The van der Waals surface area contributed by atoms with Gasteiger partial charge in [0.1, 0.15) is 0 Å². The molecule has 0 aliphatic rings. The molecule has 2 rings (SSSR count). The summed E-state index contributed by atoms with van der Waals surface area (Å²) in [5, 5.41) is 3.39. The van der Waals surface area contributed by atoms with Gasteiger partial charge in [-0.05, 0) is 66.0 Å². The molecule has 1 aromatic heterocycles. The molecule has 1 heterocycles. The van der Waals surface area contributed by atoms with Crippen LogP contribution in [0.3, 0.4) is 0 Å². The van der Waals surface area contributed by atoms with E-state index in [0.29, 0.717) is 25.8 Å². The highest BCUT2D eigenvalue weighted by Crippen LogP contribution is 2.37. The molecule has 0 aliphatic heterocycles. The minimum absolute atomic E-state index is 0.255. The maximum atomic E-state index is 12.1. The van der Waals surface area contributed by atoms with Gasteiger partial charge in [-0.2, -0.15) is 0 Å². The SMILES string of the molecule is O=C(Nc1ccc(Br)c(Cl)c1Cl)c1cc(Br)sc1Br. The number of rotatable bonds is 2. The molecule has 19 heavy (non-hydrogen) atoms. The lowest BCUT2D eigenvalue weighted by Gasteiger charge is -2.08. The number of hydrogen-bond acceptors (Lipinski definition) is 2. The Balaban J connectivity index is 2.29. The predicted octanol–water partition coefficient (Wildman–Crippen LogP) is 6.59. The lowest BCUT2D eigenvalue weighted by atomic mass is 10.2. The molecule has 0 bridgehead atoms. The third-order valence-electron chi connectivity index (χ3n) is 2.18. The standard InChI is InChI=1S/C11H4Br3Cl2NOS/c12-5-1-2-6(9(16)8(5)15)17-11(18)4-3-7(13)19-10(4)14/h1-3H,(H,17,18). The van der Waals surface area contributed by atoms with Crippen molar-refractivity contribution in [3.05, 3.63) is 45.9 Å². The molecular formula is C11H4Br3Cl2NOS. The van der Waals surface area contributed by atoms with Crippen molar-refractivity contribution in [1.82, 2.24) is 0 Å². The zero-order valence-corrected chi connectivity index (χ0v) is 16.0. The van der Waals surface area contributed by atoms with Crippen molar-refractivity contribution < 1.29 is 4.79 Å². The topological polar surface area (TPSA) is 29.1 Å². The smallest absolute Gasteiger partial charge is 0.257 e. The minimum atomic E-state index is -0.255. The van der Waals surface area contributed by atoms with Crippen LogP contribution in [0.5, 0.6) is 0 Å². The maximum absolute atomic E-state index is 12.1. The van der Waals surface area contributed by atoms with Crippen LogP contribution in [0.15, 0.2) is 30.2 Å². The molecule has 0 radical (unpaired) electrons. The van der Waals surface area contributed by atoms with Crippen molar-refractivity contribution in [2.45, 2.75) is 0 Å². The van der Waals surface area contributed by atoms with Gasteiger partial charge < -0.3 is 5.32 Å². The number of benzene rings is 1. The lowest BCUT2D eigenvalue weighted by Crippen LogP contribution is -2.11. The molecule has 1 N–H and O–H groups in total. The number of anilines is 1. The van der Waals surface area contributed by atoms with Gasteiger partial charge in [-0.15, -0.1) is 11.3 Å². The Bertz CT molecular complexity index is 660. The van der Waals surface area contributed by atoms with E-state index in [-0.39, 0.29) is 5.91 Å². The molecule has 1 aromatic carbocycles. The Kier molecular flexibility index (Phi) is 5.36. The lowest BCUT2D eigenvalue weighted by molar-refractivity contribution is 0.102. The van der Waals surface area contributed by atoms with Crippen LogP contribution >= 0.6 is 82.3 Å². The molecule has 2 aromatic rings. The van der Waals surface area contributed by atoms with E-state index >= 15 is 0 Å². The summed E-state index contributed by atoms with van der Waals surface area (Å²) in [6.45, 7) is 0. The Morgan fingerprint density at radius 1 is 1.16 bits per heavy atom. The van der Waals surface area contributed by atoms with Crippen molar-refractivity contribution in [2.24, 2.45) is 0 Å². The van der Waals surface area contributed by atoms with Gasteiger partial charge in [-0.25, -0.2) is 0 Å². The zero-order valence-electron chi connectivity index (χ0n) is 8.94. The van der Waals surface area contributed by atoms with Crippen LogP contribution in [-0.2, 0) is 0 Å². The number of hydrogen-bond donors (Lipinski definition) is 1. The van der Waals surface area contributed by atoms with E-state index in [0.717, 1.165) is 7.57 Å². The highest BCUT2D eigenvalue weighted by Gasteiger charge is 2.16. The van der Waals surface area contributed by atoms with Crippen LogP contribution < -0.4 is 5.32 Å². The summed E-state index contributed by atoms with van der Waals surface area (Å²) in [6, 6.07) is 5.15. The highest BCUT2D eigenvalue weighted by atomic mass is 79.9. The van der Waals surface area contributed by atoms with Gasteiger partial charge in [-0.1, -0.05) is 23.2 Å². The first-order valence-corrected chi connectivity index (χ1v) is 8.75. The summed E-state index contributed by atoms with van der Waals surface area (Å²) in [5.74, 6) is -0.255. The van der Waals surface area contributed by atoms with Crippen molar-refractivity contribution in [1.29, 1.82) is 0 Å². The Labute approximate surface area is 148 Å². The van der Waals surface area contributed by atoms with E-state index in [4.69, 9.17) is 23.2 Å². The average molecular weight is 509 g/mol. The Hall–Kier alpha value is 0.410. The Morgan fingerprint density at radius 3 is 2.42 bits per heavy atom. The molecular weight excluding hydrogens is 505 g/mol. The van der Waals surface area contributed by atoms with Crippen molar-refractivity contribution in [3.63, 3.8) is 0 Å². The second-order valence-corrected chi connectivity index (χ2v) is 8.77. The molecule has 0 unspecified atom stereocenters. The maximum Gasteiger partial charge on any atom is 0.257 e. The van der Waals surface area contributed by atoms with E-state index in [1.165, 1.54) is 11.3 Å². The summed E-state index contributed by atoms with van der Waals surface area (Å²) >= 11 is 23.4. The fourth-order valence-corrected chi connectivity index (χ4v) is 4.92. The first-order chi connectivity index (χ1) is 8.90. The van der Waals surface area contributed by atoms with Crippen molar-refractivity contribution in [2.75, 3.05) is 5.32 Å². The highest BCUT2D eigenvalue weighted by molar-refractivity contribution is 9.12. The zero-order chi connectivity index (χ0) is 14.2. The fourth-order valence-electron chi connectivity index (χ4n) is 1.31. The molecule has 0 spiro atoms. The number of carbonyl (C=O) groups is 1. The molecule has 2 nitrogen and oxygen atoms in total. The third-order valence-corrected chi connectivity index (χ3v) is 6.29. The minimum Gasteiger partial charge on any atom is -0.321 e. The average Bonchev–Trinajstić information content (AvgIpc) is 2.69. The normalized spacial score (nSPS) is 10.6. The van der Waals surface area contributed by atoms with Gasteiger partial charge in [0.25, 0.3) is 5.91 Å². The van der Waals surface area contributed by atoms with Crippen molar-refractivity contribution in [3.8, 4) is 0 Å². The predicted molar refractivity (Wildman–Crippen MR) is 91.8 cm³/mol. The molecule has 1 amide bonds.